The fourth-order valence-corrected chi connectivity index (χ4v) is 2.02. The van der Waals surface area contributed by atoms with Crippen molar-refractivity contribution >= 4 is 23.4 Å². The number of halogens is 1. The molecule has 0 radical (unpaired) electrons. The van der Waals surface area contributed by atoms with Gasteiger partial charge in [0.25, 0.3) is 5.91 Å². The molecule has 3 amide bonds. The summed E-state index contributed by atoms with van der Waals surface area (Å²) in [4.78, 5) is 31.2. The first-order chi connectivity index (χ1) is 10.1. The first-order valence-corrected chi connectivity index (χ1v) is 6.07. The zero-order chi connectivity index (χ0) is 14.8. The van der Waals surface area contributed by atoms with Gasteiger partial charge in [0, 0.05) is 17.4 Å². The molecular formula is C13H10FN5O2. The van der Waals surface area contributed by atoms with Crippen molar-refractivity contribution in [2.75, 3.05) is 10.6 Å². The topological polar surface area (TPSA) is 96.0 Å². The first kappa shape index (κ1) is 13.0. The number of nitrogens with one attached hydrogen (secondary N) is 3. The fraction of sp³-hybridized carbons (Fsp3) is 0.0769. The third-order valence-corrected chi connectivity index (χ3v) is 2.94. The second-order valence-electron chi connectivity index (χ2n) is 4.35. The van der Waals surface area contributed by atoms with Gasteiger partial charge < -0.3 is 10.6 Å². The van der Waals surface area contributed by atoms with Gasteiger partial charge in [-0.1, -0.05) is 0 Å². The molecule has 21 heavy (non-hydrogen) atoms. The highest BCUT2D eigenvalue weighted by atomic mass is 19.1. The van der Waals surface area contributed by atoms with Gasteiger partial charge in [0.15, 0.2) is 0 Å². The van der Waals surface area contributed by atoms with Crippen molar-refractivity contribution in [2.24, 2.45) is 0 Å². The van der Waals surface area contributed by atoms with Crippen LogP contribution in [0.25, 0.3) is 0 Å². The van der Waals surface area contributed by atoms with Gasteiger partial charge in [0.1, 0.15) is 24.0 Å². The Morgan fingerprint density at radius 1 is 1.33 bits per heavy atom. The molecule has 2 heterocycles. The van der Waals surface area contributed by atoms with Crippen molar-refractivity contribution in [1.82, 2.24) is 15.3 Å². The van der Waals surface area contributed by atoms with E-state index in [0.29, 0.717) is 17.1 Å². The van der Waals surface area contributed by atoms with E-state index in [2.05, 4.69) is 25.9 Å². The average Bonchev–Trinajstić information content (AvgIpc) is 2.76. The number of fused-ring (bicyclic) bond motifs is 1. The predicted octanol–water partition coefficient (Wildman–Crippen LogP) is 1.43. The Labute approximate surface area is 118 Å². The molecule has 1 aliphatic heterocycles. The molecule has 0 aliphatic carbocycles. The van der Waals surface area contributed by atoms with Crippen LogP contribution in [0.3, 0.4) is 0 Å². The van der Waals surface area contributed by atoms with Crippen LogP contribution >= 0.6 is 0 Å². The molecule has 1 unspecified atom stereocenters. The Hall–Kier alpha value is -3.03. The predicted molar refractivity (Wildman–Crippen MR) is 72.0 cm³/mol. The molecule has 3 N–H and O–H groups in total. The maximum atomic E-state index is 13.3. The Morgan fingerprint density at radius 2 is 2.19 bits per heavy atom. The number of hydrogen-bond donors (Lipinski definition) is 3. The lowest BCUT2D eigenvalue weighted by molar-refractivity contribution is -0.117. The van der Waals surface area contributed by atoms with Crippen LogP contribution in [0.4, 0.5) is 20.7 Å². The number of anilines is 2. The van der Waals surface area contributed by atoms with Crippen molar-refractivity contribution < 1.29 is 14.0 Å². The van der Waals surface area contributed by atoms with Crippen molar-refractivity contribution in [1.29, 1.82) is 0 Å². The van der Waals surface area contributed by atoms with Crippen LogP contribution < -0.4 is 16.0 Å². The molecule has 106 valence electrons. The van der Waals surface area contributed by atoms with Crippen LogP contribution in [0.2, 0.25) is 0 Å². The van der Waals surface area contributed by atoms with Gasteiger partial charge in [-0.3, -0.25) is 10.1 Å². The van der Waals surface area contributed by atoms with Gasteiger partial charge >= 0.3 is 6.03 Å². The molecule has 1 aromatic heterocycles. The highest BCUT2D eigenvalue weighted by Gasteiger charge is 2.32. The fourth-order valence-electron chi connectivity index (χ4n) is 2.02. The minimum Gasteiger partial charge on any atom is -0.324 e. The number of urea groups is 1. The Morgan fingerprint density at radius 3 is 2.95 bits per heavy atom. The van der Waals surface area contributed by atoms with Gasteiger partial charge in [-0.05, 0) is 24.3 Å². The lowest BCUT2D eigenvalue weighted by Gasteiger charge is -2.12. The number of carbonyl (C=O) groups excluding carboxylic acids is 2. The zero-order valence-corrected chi connectivity index (χ0v) is 10.6. The Kier molecular flexibility index (Phi) is 3.19. The largest absolute Gasteiger partial charge is 0.324 e. The van der Waals surface area contributed by atoms with Gasteiger partial charge in [0.2, 0.25) is 0 Å². The van der Waals surface area contributed by atoms with E-state index in [4.69, 9.17) is 0 Å². The summed E-state index contributed by atoms with van der Waals surface area (Å²) >= 11 is 0. The molecule has 3 rings (SSSR count). The molecule has 0 saturated carbocycles. The van der Waals surface area contributed by atoms with Crippen molar-refractivity contribution in [3.8, 4) is 0 Å². The summed E-state index contributed by atoms with van der Waals surface area (Å²) in [6.07, 6.45) is 2.75. The second-order valence-corrected chi connectivity index (χ2v) is 4.35. The second kappa shape index (κ2) is 5.16. The number of amides is 3. The van der Waals surface area contributed by atoms with E-state index in [0.717, 1.165) is 0 Å². The maximum Gasteiger partial charge on any atom is 0.321 e. The molecule has 0 fully saturated rings. The summed E-state index contributed by atoms with van der Waals surface area (Å²) < 4.78 is 13.3. The quantitative estimate of drug-likeness (QED) is 0.778. The minimum absolute atomic E-state index is 0.292. The zero-order valence-electron chi connectivity index (χ0n) is 10.6. The summed E-state index contributed by atoms with van der Waals surface area (Å²) in [6.45, 7) is 0. The van der Waals surface area contributed by atoms with Crippen LogP contribution in [-0.2, 0) is 4.79 Å². The first-order valence-electron chi connectivity index (χ1n) is 6.07. The van der Waals surface area contributed by atoms with Crippen LogP contribution in [0.1, 0.15) is 11.6 Å². The Bertz CT molecular complexity index is 707. The number of aromatic nitrogens is 2. The molecule has 7 nitrogen and oxygen atoms in total. The van der Waals surface area contributed by atoms with Crippen molar-refractivity contribution in [3.05, 3.63) is 48.2 Å². The van der Waals surface area contributed by atoms with Gasteiger partial charge in [-0.25, -0.2) is 19.2 Å². The highest BCUT2D eigenvalue weighted by molar-refractivity contribution is 6.05. The van der Waals surface area contributed by atoms with Crippen LogP contribution in [-0.4, -0.2) is 21.9 Å². The lowest BCUT2D eigenvalue weighted by atomic mass is 10.1. The molecule has 0 bridgehead atoms. The third kappa shape index (κ3) is 2.64. The summed E-state index contributed by atoms with van der Waals surface area (Å²) in [5.41, 5.74) is 0.867. The summed E-state index contributed by atoms with van der Waals surface area (Å²) in [5, 5.41) is 7.50. The maximum absolute atomic E-state index is 13.3. The summed E-state index contributed by atoms with van der Waals surface area (Å²) in [5.74, 6) is -0.609. The van der Waals surface area contributed by atoms with Crippen LogP contribution in [0, 0.1) is 5.82 Å². The van der Waals surface area contributed by atoms with Gasteiger partial charge in [-0.15, -0.1) is 0 Å². The average molecular weight is 287 g/mol. The van der Waals surface area contributed by atoms with E-state index in [9.17, 15) is 14.0 Å². The third-order valence-electron chi connectivity index (χ3n) is 2.94. The molecule has 1 aromatic carbocycles. The number of hydrogen-bond acceptors (Lipinski definition) is 4. The van der Waals surface area contributed by atoms with Crippen molar-refractivity contribution in [2.45, 2.75) is 6.04 Å². The number of benzene rings is 1. The molecular weight excluding hydrogens is 277 g/mol. The van der Waals surface area contributed by atoms with E-state index >= 15 is 0 Å². The molecule has 1 atom stereocenters. The van der Waals surface area contributed by atoms with Gasteiger partial charge in [-0.2, -0.15) is 0 Å². The van der Waals surface area contributed by atoms with E-state index in [1.54, 1.807) is 0 Å². The number of carbonyl (C=O) groups is 2. The molecule has 0 spiro atoms. The van der Waals surface area contributed by atoms with Crippen molar-refractivity contribution in [3.63, 3.8) is 0 Å². The minimum atomic E-state index is -0.947. The lowest BCUT2D eigenvalue weighted by Crippen LogP contribution is -2.36. The smallest absolute Gasteiger partial charge is 0.321 e. The summed E-state index contributed by atoms with van der Waals surface area (Å²) in [6, 6.07) is 3.84. The SMILES string of the molecule is O=C(Nc1ccncn1)NC1C(=O)Nc2ccc(F)cc21. The number of nitrogens with zero attached hydrogens (tertiary/aromatic N) is 2. The molecule has 0 saturated heterocycles. The van der Waals surface area contributed by atoms with Crippen LogP contribution in [0.15, 0.2) is 36.8 Å². The molecule has 8 heteroatoms. The van der Waals surface area contributed by atoms with E-state index in [-0.39, 0.29) is 0 Å². The van der Waals surface area contributed by atoms with E-state index in [1.807, 2.05) is 0 Å². The standard InChI is InChI=1S/C13H10FN5O2/c14-7-1-2-9-8(5-7)11(12(20)17-9)19-13(21)18-10-3-4-15-6-16-10/h1-6,11H,(H,17,20)(H2,15,16,18,19,21). The van der Waals surface area contributed by atoms with E-state index in [1.165, 1.54) is 36.8 Å². The summed E-state index contributed by atoms with van der Waals surface area (Å²) in [7, 11) is 0. The highest BCUT2D eigenvalue weighted by Crippen LogP contribution is 2.31. The Balaban J connectivity index is 1.75. The molecule has 2 aromatic rings. The molecule has 1 aliphatic rings. The van der Waals surface area contributed by atoms with E-state index < -0.39 is 23.8 Å². The number of rotatable bonds is 2. The van der Waals surface area contributed by atoms with Gasteiger partial charge in [0.05, 0.1) is 0 Å². The van der Waals surface area contributed by atoms with Crippen LogP contribution in [0.5, 0.6) is 0 Å². The monoisotopic (exact) mass is 287 g/mol. The normalized spacial score (nSPS) is 16.0.